The number of allylic oxidation sites excluding steroid dienone is 2. The molecule has 0 bridgehead atoms. The Kier molecular flexibility index (Phi) is 4.39. The maximum atomic E-state index is 11.3. The molecule has 0 aliphatic carbocycles. The van der Waals surface area contributed by atoms with E-state index in [1.165, 1.54) is 6.92 Å². The van der Waals surface area contributed by atoms with Crippen molar-refractivity contribution >= 4 is 16.8 Å². The molecule has 21 heavy (non-hydrogen) atoms. The van der Waals surface area contributed by atoms with Crippen LogP contribution in [0.15, 0.2) is 30.1 Å². The van der Waals surface area contributed by atoms with Crippen LogP contribution in [0.1, 0.15) is 26.3 Å². The van der Waals surface area contributed by atoms with Crippen LogP contribution >= 0.6 is 0 Å². The normalized spacial score (nSPS) is 11.7. The number of H-pyrrole nitrogens is 1. The third kappa shape index (κ3) is 3.29. The molecular weight excluding hydrogens is 266 g/mol. The zero-order valence-corrected chi connectivity index (χ0v) is 12.3. The van der Waals surface area contributed by atoms with Crippen LogP contribution < -0.4 is 4.74 Å². The molecule has 2 aromatic heterocycles. The molecule has 0 fully saturated rings. The van der Waals surface area contributed by atoms with Gasteiger partial charge in [0.2, 0.25) is 0 Å². The van der Waals surface area contributed by atoms with E-state index in [-0.39, 0.29) is 17.5 Å². The predicted molar refractivity (Wildman–Crippen MR) is 79.9 cm³/mol. The molecule has 5 nitrogen and oxygen atoms in total. The molecule has 0 aromatic carbocycles. The molecule has 2 heterocycles. The second-order valence-electron chi connectivity index (χ2n) is 5.00. The average Bonchev–Trinajstić information content (AvgIpc) is 2.83. The third-order valence-corrected chi connectivity index (χ3v) is 3.01. The third-order valence-electron chi connectivity index (χ3n) is 3.01. The Balaban J connectivity index is 2.41. The zero-order chi connectivity index (χ0) is 15.4. The molecule has 2 aromatic rings. The summed E-state index contributed by atoms with van der Waals surface area (Å²) in [6.45, 7) is 5.31. The second kappa shape index (κ2) is 6.23. The van der Waals surface area contributed by atoms with E-state index in [0.29, 0.717) is 6.42 Å². The van der Waals surface area contributed by atoms with Crippen LogP contribution in [0.2, 0.25) is 0 Å². The van der Waals surface area contributed by atoms with Crippen molar-refractivity contribution in [3.8, 4) is 11.8 Å². The first-order valence-electron chi connectivity index (χ1n) is 6.75. The summed E-state index contributed by atoms with van der Waals surface area (Å²) in [4.78, 5) is 18.6. The van der Waals surface area contributed by atoms with Crippen molar-refractivity contribution in [2.75, 3.05) is 0 Å². The number of Topliss-reactive ketones (excluding diaryl/α,β-unsaturated/α-hetero) is 1. The van der Waals surface area contributed by atoms with Crippen molar-refractivity contribution < 1.29 is 9.53 Å². The molecule has 1 N–H and O–H groups in total. The van der Waals surface area contributed by atoms with E-state index in [2.05, 4.69) is 9.97 Å². The Morgan fingerprint density at radius 2 is 2.33 bits per heavy atom. The highest BCUT2D eigenvalue weighted by Gasteiger charge is 2.12. The molecule has 0 spiro atoms. The number of fused-ring (bicyclic) bond motifs is 1. The summed E-state index contributed by atoms with van der Waals surface area (Å²) in [6, 6.07) is 3.73. The van der Waals surface area contributed by atoms with Gasteiger partial charge in [0.05, 0.1) is 17.1 Å². The van der Waals surface area contributed by atoms with Crippen LogP contribution in [-0.2, 0) is 11.2 Å². The van der Waals surface area contributed by atoms with Crippen LogP contribution in [0.3, 0.4) is 0 Å². The van der Waals surface area contributed by atoms with E-state index in [1.54, 1.807) is 12.3 Å². The Bertz CT molecular complexity index is 736. The Morgan fingerprint density at radius 1 is 1.57 bits per heavy atom. The highest BCUT2D eigenvalue weighted by molar-refractivity contribution is 5.97. The zero-order valence-electron chi connectivity index (χ0n) is 12.3. The molecule has 0 aliphatic rings. The Hall–Kier alpha value is -2.61. The maximum Gasteiger partial charge on any atom is 0.169 e. The summed E-state index contributed by atoms with van der Waals surface area (Å²) >= 11 is 0. The molecule has 2 rings (SSSR count). The SMILES string of the molecule is CC(=O)C(C#N)=CCc1c[nH]c2nccc(OC(C)C)c12. The quantitative estimate of drug-likeness (QED) is 0.676. The number of nitrogens with zero attached hydrogens (tertiary/aromatic N) is 2. The average molecular weight is 283 g/mol. The number of hydrogen-bond acceptors (Lipinski definition) is 4. The molecule has 0 saturated carbocycles. The molecule has 0 radical (unpaired) electrons. The van der Waals surface area contributed by atoms with Gasteiger partial charge in [-0.25, -0.2) is 4.98 Å². The van der Waals surface area contributed by atoms with Crippen molar-refractivity contribution in [3.05, 3.63) is 35.7 Å². The van der Waals surface area contributed by atoms with Crippen LogP contribution in [0.4, 0.5) is 0 Å². The largest absolute Gasteiger partial charge is 0.490 e. The van der Waals surface area contributed by atoms with E-state index >= 15 is 0 Å². The van der Waals surface area contributed by atoms with Crippen LogP contribution in [0.5, 0.6) is 5.75 Å². The first-order valence-corrected chi connectivity index (χ1v) is 6.75. The highest BCUT2D eigenvalue weighted by Crippen LogP contribution is 2.28. The fourth-order valence-corrected chi connectivity index (χ4v) is 2.08. The van der Waals surface area contributed by atoms with Crippen molar-refractivity contribution in [1.29, 1.82) is 5.26 Å². The smallest absolute Gasteiger partial charge is 0.169 e. The van der Waals surface area contributed by atoms with Gasteiger partial charge >= 0.3 is 0 Å². The lowest BCUT2D eigenvalue weighted by molar-refractivity contribution is -0.113. The van der Waals surface area contributed by atoms with Crippen molar-refractivity contribution in [2.45, 2.75) is 33.3 Å². The predicted octanol–water partition coefficient (Wildman–Crippen LogP) is 2.93. The summed E-state index contributed by atoms with van der Waals surface area (Å²) < 4.78 is 5.79. The maximum absolute atomic E-state index is 11.3. The fraction of sp³-hybridized carbons (Fsp3) is 0.312. The van der Waals surface area contributed by atoms with E-state index < -0.39 is 0 Å². The first kappa shape index (κ1) is 14.8. The summed E-state index contributed by atoms with van der Waals surface area (Å²) in [5.41, 5.74) is 1.85. The lowest BCUT2D eigenvalue weighted by Gasteiger charge is -2.11. The molecule has 0 aliphatic heterocycles. The summed E-state index contributed by atoms with van der Waals surface area (Å²) in [7, 11) is 0. The van der Waals surface area contributed by atoms with Gasteiger partial charge in [0, 0.05) is 12.4 Å². The molecule has 108 valence electrons. The monoisotopic (exact) mass is 283 g/mol. The van der Waals surface area contributed by atoms with Gasteiger partial charge in [-0.1, -0.05) is 6.08 Å². The number of aromatic amines is 1. The Labute approximate surface area is 123 Å². The van der Waals surface area contributed by atoms with E-state index in [0.717, 1.165) is 22.3 Å². The lowest BCUT2D eigenvalue weighted by atomic mass is 10.1. The molecule has 0 unspecified atom stereocenters. The number of aromatic nitrogens is 2. The van der Waals surface area contributed by atoms with E-state index in [1.807, 2.05) is 32.2 Å². The number of nitriles is 1. The number of ketones is 1. The van der Waals surface area contributed by atoms with Crippen LogP contribution in [0, 0.1) is 11.3 Å². The minimum atomic E-state index is -0.228. The van der Waals surface area contributed by atoms with Gasteiger partial charge in [-0.3, -0.25) is 4.79 Å². The van der Waals surface area contributed by atoms with Crippen molar-refractivity contribution in [3.63, 3.8) is 0 Å². The van der Waals surface area contributed by atoms with Crippen LogP contribution in [-0.4, -0.2) is 21.9 Å². The first-order chi connectivity index (χ1) is 10.0. The summed E-state index contributed by atoms with van der Waals surface area (Å²) in [5, 5.41) is 9.82. The van der Waals surface area contributed by atoms with Crippen molar-refractivity contribution in [2.24, 2.45) is 0 Å². The lowest BCUT2D eigenvalue weighted by Crippen LogP contribution is -2.06. The topological polar surface area (TPSA) is 78.8 Å². The standard InChI is InChI=1S/C16H17N3O2/c1-10(2)21-14-6-7-18-16-15(14)13(9-19-16)5-4-12(8-17)11(3)20/h4,6-7,9-10H,5H2,1-3H3,(H,18,19). The number of nitrogens with one attached hydrogen (secondary N) is 1. The number of pyridine rings is 1. The van der Waals surface area contributed by atoms with Crippen LogP contribution in [0.25, 0.3) is 11.0 Å². The molecule has 0 saturated heterocycles. The Morgan fingerprint density at radius 3 is 2.95 bits per heavy atom. The van der Waals surface area contributed by atoms with Gasteiger partial charge in [-0.15, -0.1) is 0 Å². The molecular formula is C16H17N3O2. The van der Waals surface area contributed by atoms with Gasteiger partial charge in [0.25, 0.3) is 0 Å². The number of carbonyl (C=O) groups excluding carboxylic acids is 1. The summed E-state index contributed by atoms with van der Waals surface area (Å²) in [5.74, 6) is 0.523. The minimum Gasteiger partial charge on any atom is -0.490 e. The minimum absolute atomic E-state index is 0.0563. The number of carbonyl (C=O) groups is 1. The molecule has 0 amide bonds. The number of rotatable bonds is 5. The van der Waals surface area contributed by atoms with E-state index in [9.17, 15) is 4.79 Å². The highest BCUT2D eigenvalue weighted by atomic mass is 16.5. The number of hydrogen-bond donors (Lipinski definition) is 1. The van der Waals surface area contributed by atoms with E-state index in [4.69, 9.17) is 10.00 Å². The van der Waals surface area contributed by atoms with Crippen molar-refractivity contribution in [1.82, 2.24) is 9.97 Å². The van der Waals surface area contributed by atoms with Gasteiger partial charge in [-0.05, 0) is 38.8 Å². The van der Waals surface area contributed by atoms with Gasteiger partial charge in [0.15, 0.2) is 5.78 Å². The second-order valence-corrected chi connectivity index (χ2v) is 5.00. The molecule has 0 atom stereocenters. The van der Waals surface area contributed by atoms with Gasteiger partial charge in [0.1, 0.15) is 17.5 Å². The number of ether oxygens (including phenoxy) is 1. The summed E-state index contributed by atoms with van der Waals surface area (Å²) in [6.07, 6.45) is 5.68. The fourth-order valence-electron chi connectivity index (χ4n) is 2.08. The molecule has 5 heteroatoms. The van der Waals surface area contributed by atoms with Gasteiger partial charge < -0.3 is 9.72 Å². The van der Waals surface area contributed by atoms with Gasteiger partial charge in [-0.2, -0.15) is 5.26 Å².